The largest absolute Gasteiger partial charge is 0.493 e. The van der Waals surface area contributed by atoms with Gasteiger partial charge in [0.2, 0.25) is 0 Å². The number of hydrogen-bond acceptors (Lipinski definition) is 6. The zero-order valence-corrected chi connectivity index (χ0v) is 20.7. The lowest BCUT2D eigenvalue weighted by Crippen LogP contribution is -2.17. The highest BCUT2D eigenvalue weighted by atomic mass is 35.5. The van der Waals surface area contributed by atoms with Gasteiger partial charge >= 0.3 is 5.97 Å². The number of carbonyl (C=O) groups is 1. The number of aromatic amines is 1. The Morgan fingerprint density at radius 1 is 1.11 bits per heavy atom. The number of anilines is 1. The van der Waals surface area contributed by atoms with Crippen LogP contribution in [0.3, 0.4) is 0 Å². The molecule has 2 aromatic carbocycles. The Hall–Kier alpha value is -3.16. The van der Waals surface area contributed by atoms with Gasteiger partial charge in [-0.15, -0.1) is 0 Å². The minimum Gasteiger partial charge on any atom is -0.493 e. The molecule has 0 radical (unpaired) electrons. The second kappa shape index (κ2) is 11.1. The zero-order valence-electron chi connectivity index (χ0n) is 19.2. The van der Waals surface area contributed by atoms with Crippen molar-refractivity contribution in [2.45, 2.75) is 44.3 Å². The number of rotatable bonds is 8. The van der Waals surface area contributed by atoms with Crippen LogP contribution in [0.5, 0.6) is 11.5 Å². The molecule has 3 aromatic rings. The van der Waals surface area contributed by atoms with Gasteiger partial charge in [0.05, 0.1) is 23.8 Å². The molecule has 1 aliphatic carbocycles. The van der Waals surface area contributed by atoms with Crippen LogP contribution in [-0.2, 0) is 11.2 Å². The summed E-state index contributed by atoms with van der Waals surface area (Å²) in [6.07, 6.45) is 4.92. The first-order valence-electron chi connectivity index (χ1n) is 11.3. The molecule has 0 spiro atoms. The molecule has 1 aliphatic rings. The molecule has 1 unspecified atom stereocenters. The first-order chi connectivity index (χ1) is 16.9. The first kappa shape index (κ1) is 24.9. The Bertz CT molecular complexity index is 1250. The molecule has 35 heavy (non-hydrogen) atoms. The van der Waals surface area contributed by atoms with E-state index >= 15 is 0 Å². The summed E-state index contributed by atoms with van der Waals surface area (Å²) in [7, 11) is 1.57. The number of methoxy groups -OCH3 is 1. The molecule has 1 fully saturated rings. The predicted molar refractivity (Wildman–Crippen MR) is 136 cm³/mol. The van der Waals surface area contributed by atoms with Gasteiger partial charge in [0.25, 0.3) is 5.56 Å². The Morgan fingerprint density at radius 3 is 2.51 bits per heavy atom. The number of H-pyrrole nitrogens is 1. The third-order valence-corrected chi connectivity index (χ3v) is 6.76. The quantitative estimate of drug-likeness (QED) is 0.292. The van der Waals surface area contributed by atoms with Crippen molar-refractivity contribution in [1.29, 1.82) is 0 Å². The number of aromatic nitrogens is 1. The van der Waals surface area contributed by atoms with Crippen LogP contribution in [-0.4, -0.2) is 24.2 Å². The first-order valence-corrected chi connectivity index (χ1v) is 12.1. The van der Waals surface area contributed by atoms with Crippen molar-refractivity contribution in [3.63, 3.8) is 0 Å². The van der Waals surface area contributed by atoms with Gasteiger partial charge in [0, 0.05) is 23.9 Å². The van der Waals surface area contributed by atoms with Gasteiger partial charge in [-0.25, -0.2) is 4.79 Å². The van der Waals surface area contributed by atoms with Gasteiger partial charge in [-0.3, -0.25) is 4.79 Å². The van der Waals surface area contributed by atoms with E-state index in [9.17, 15) is 9.59 Å². The van der Waals surface area contributed by atoms with E-state index in [1.165, 1.54) is 6.20 Å². The van der Waals surface area contributed by atoms with Crippen molar-refractivity contribution >= 4 is 34.9 Å². The number of nitrogen functional groups attached to an aromatic ring is 1. The number of ether oxygens (including phenoxy) is 3. The maximum absolute atomic E-state index is 13.0. The molecule has 9 heteroatoms. The second-order valence-electron chi connectivity index (χ2n) is 8.41. The van der Waals surface area contributed by atoms with Gasteiger partial charge in [0.1, 0.15) is 11.1 Å². The molecule has 7 nitrogen and oxygen atoms in total. The minimum absolute atomic E-state index is 0.0537. The van der Waals surface area contributed by atoms with Crippen molar-refractivity contribution in [2.75, 3.05) is 12.8 Å². The molecule has 1 atom stereocenters. The Balaban J connectivity index is 1.70. The lowest BCUT2D eigenvalue weighted by atomic mass is 10.0. The smallest absolute Gasteiger partial charge is 0.338 e. The topological polar surface area (TPSA) is 104 Å². The van der Waals surface area contributed by atoms with Gasteiger partial charge in [-0.05, 0) is 67.6 Å². The maximum atomic E-state index is 13.0. The number of pyridine rings is 1. The number of nitrogens with one attached hydrogen (secondary N) is 1. The van der Waals surface area contributed by atoms with E-state index in [4.69, 9.17) is 43.1 Å². The molecular formula is C26H26Cl2N2O5. The van der Waals surface area contributed by atoms with Crippen molar-refractivity contribution in [1.82, 2.24) is 4.98 Å². The van der Waals surface area contributed by atoms with E-state index in [0.29, 0.717) is 33.9 Å². The number of benzene rings is 2. The third kappa shape index (κ3) is 5.92. The fraction of sp³-hybridized carbons (Fsp3) is 0.308. The summed E-state index contributed by atoms with van der Waals surface area (Å²) in [4.78, 5) is 27.6. The summed E-state index contributed by atoms with van der Waals surface area (Å²) < 4.78 is 17.6. The molecule has 184 valence electrons. The third-order valence-electron chi connectivity index (χ3n) is 6.02. The summed E-state index contributed by atoms with van der Waals surface area (Å²) >= 11 is 12.6. The fourth-order valence-electron chi connectivity index (χ4n) is 4.11. The van der Waals surface area contributed by atoms with E-state index in [2.05, 4.69) is 4.98 Å². The summed E-state index contributed by atoms with van der Waals surface area (Å²) in [6.45, 7) is 0. The highest BCUT2D eigenvalue weighted by molar-refractivity contribution is 6.35. The van der Waals surface area contributed by atoms with Gasteiger partial charge < -0.3 is 24.9 Å². The second-order valence-corrected chi connectivity index (χ2v) is 9.20. The number of nitrogens with two attached hydrogens (primary N) is 1. The van der Waals surface area contributed by atoms with Crippen molar-refractivity contribution in [2.24, 2.45) is 0 Å². The minimum atomic E-state index is -0.811. The molecular weight excluding hydrogens is 491 g/mol. The fourth-order valence-corrected chi connectivity index (χ4v) is 4.62. The number of halogens is 2. The lowest BCUT2D eigenvalue weighted by molar-refractivity contribution is 0.0296. The Morgan fingerprint density at radius 2 is 1.83 bits per heavy atom. The van der Waals surface area contributed by atoms with E-state index in [1.807, 2.05) is 0 Å². The van der Waals surface area contributed by atoms with Crippen LogP contribution in [0.15, 0.2) is 53.5 Å². The average Bonchev–Trinajstić information content (AvgIpc) is 3.37. The average molecular weight is 517 g/mol. The number of hydrogen-bond donors (Lipinski definition) is 2. The molecule has 0 bridgehead atoms. The van der Waals surface area contributed by atoms with E-state index < -0.39 is 17.6 Å². The van der Waals surface area contributed by atoms with Gasteiger partial charge in [-0.2, -0.15) is 0 Å². The van der Waals surface area contributed by atoms with Crippen LogP contribution in [0.25, 0.3) is 0 Å². The standard InChI is InChI=1S/C26H26Cl2N2O5/c1-33-21-11-8-16(12-23(21)34-18-4-2-3-5-18)22(13-19-20(27)14-30-25(31)24(19)28)35-26(32)15-6-9-17(29)10-7-15/h6-12,14,18,22H,2-5,13,29H2,1H3,(H,30,31). The summed E-state index contributed by atoms with van der Waals surface area (Å²) in [5, 5.41) is 0.209. The monoisotopic (exact) mass is 516 g/mol. The summed E-state index contributed by atoms with van der Waals surface area (Å²) in [6, 6.07) is 11.8. The molecule has 0 amide bonds. The molecule has 1 heterocycles. The zero-order chi connectivity index (χ0) is 24.9. The highest BCUT2D eigenvalue weighted by Crippen LogP contribution is 2.37. The van der Waals surface area contributed by atoms with Crippen LogP contribution >= 0.6 is 23.2 Å². The van der Waals surface area contributed by atoms with Gasteiger partial charge in [0.15, 0.2) is 11.5 Å². The normalized spacial score (nSPS) is 14.5. The maximum Gasteiger partial charge on any atom is 0.338 e. The Kier molecular flexibility index (Phi) is 7.88. The summed E-state index contributed by atoms with van der Waals surface area (Å²) in [5.41, 5.74) is 7.15. The molecule has 0 saturated heterocycles. The van der Waals surface area contributed by atoms with E-state index in [1.54, 1.807) is 49.6 Å². The van der Waals surface area contributed by atoms with E-state index in [0.717, 1.165) is 25.7 Å². The van der Waals surface area contributed by atoms with Crippen LogP contribution < -0.4 is 20.8 Å². The molecule has 3 N–H and O–H groups in total. The van der Waals surface area contributed by atoms with Gasteiger partial charge in [-0.1, -0.05) is 29.3 Å². The SMILES string of the molecule is COc1ccc(C(Cc2c(Cl)c[nH]c(=O)c2Cl)OC(=O)c2ccc(N)cc2)cc1OC1CCCC1. The molecule has 4 rings (SSSR count). The Labute approximate surface area is 213 Å². The number of carbonyl (C=O) groups excluding carboxylic acids is 1. The van der Waals surface area contributed by atoms with Crippen LogP contribution in [0.2, 0.25) is 10.0 Å². The predicted octanol–water partition coefficient (Wildman–Crippen LogP) is 5.73. The van der Waals surface area contributed by atoms with Crippen molar-refractivity contribution < 1.29 is 19.0 Å². The lowest BCUT2D eigenvalue weighted by Gasteiger charge is -2.22. The summed E-state index contributed by atoms with van der Waals surface area (Å²) in [5.74, 6) is 0.589. The van der Waals surface area contributed by atoms with Crippen molar-refractivity contribution in [3.05, 3.63) is 85.8 Å². The van der Waals surface area contributed by atoms with Crippen LogP contribution in [0, 0.1) is 0 Å². The molecule has 0 aliphatic heterocycles. The highest BCUT2D eigenvalue weighted by Gasteiger charge is 2.25. The molecule has 1 saturated carbocycles. The van der Waals surface area contributed by atoms with Crippen LogP contribution in [0.4, 0.5) is 5.69 Å². The van der Waals surface area contributed by atoms with Crippen molar-refractivity contribution in [3.8, 4) is 11.5 Å². The van der Waals surface area contributed by atoms with E-state index in [-0.39, 0.29) is 22.6 Å². The number of esters is 1. The van der Waals surface area contributed by atoms with Crippen LogP contribution in [0.1, 0.15) is 53.3 Å². The molecule has 1 aromatic heterocycles.